The molecule has 3 atom stereocenters. The Bertz CT molecular complexity index is 867. The lowest BCUT2D eigenvalue weighted by atomic mass is 10.0. The smallest absolute Gasteiger partial charge is 0.220 e. The van der Waals surface area contributed by atoms with Gasteiger partial charge in [-0.05, 0) is 48.4 Å². The summed E-state index contributed by atoms with van der Waals surface area (Å²) in [6.07, 6.45) is 2.37. The van der Waals surface area contributed by atoms with E-state index in [1.165, 1.54) is 11.1 Å². The number of carbonyl (C=O) groups excluding carboxylic acids is 1. The van der Waals surface area contributed by atoms with E-state index in [-0.39, 0.29) is 11.8 Å². The van der Waals surface area contributed by atoms with Crippen molar-refractivity contribution in [3.63, 3.8) is 0 Å². The van der Waals surface area contributed by atoms with Crippen molar-refractivity contribution in [3.8, 4) is 5.75 Å². The Balaban J connectivity index is 1.41. The zero-order valence-corrected chi connectivity index (χ0v) is 17.8. The monoisotopic (exact) mass is 427 g/mol. The van der Waals surface area contributed by atoms with Gasteiger partial charge in [0.05, 0.1) is 25.0 Å². The molecule has 166 valence electrons. The summed E-state index contributed by atoms with van der Waals surface area (Å²) < 4.78 is 18.8. The van der Waals surface area contributed by atoms with E-state index < -0.39 is 18.3 Å². The van der Waals surface area contributed by atoms with Gasteiger partial charge in [0, 0.05) is 26.1 Å². The molecule has 1 amide bonds. The summed E-state index contributed by atoms with van der Waals surface area (Å²) in [6.45, 7) is 1.33. The number of fused-ring (bicyclic) bond motifs is 1. The van der Waals surface area contributed by atoms with Crippen molar-refractivity contribution in [2.75, 3.05) is 26.7 Å². The number of aliphatic hydroxyl groups excluding tert-OH is 1. The van der Waals surface area contributed by atoms with Crippen molar-refractivity contribution >= 4 is 5.91 Å². The van der Waals surface area contributed by atoms with Gasteiger partial charge in [-0.2, -0.15) is 0 Å². The van der Waals surface area contributed by atoms with Gasteiger partial charge in [-0.25, -0.2) is 4.39 Å². The van der Waals surface area contributed by atoms with Crippen molar-refractivity contribution in [3.05, 3.63) is 59.4 Å². The number of hydrogen-bond acceptors (Lipinski definition) is 5. The molecule has 0 radical (unpaired) electrons. The van der Waals surface area contributed by atoms with Gasteiger partial charge in [0.15, 0.2) is 0 Å². The first kappa shape index (κ1) is 21.7. The number of aliphatic hydroxyl groups is 1. The minimum atomic E-state index is -0.991. The van der Waals surface area contributed by atoms with Gasteiger partial charge in [0.1, 0.15) is 18.0 Å². The number of likely N-dealkylation sites (tertiary alicyclic amines) is 1. The minimum absolute atomic E-state index is 0.0913. The molecule has 0 spiro atoms. The van der Waals surface area contributed by atoms with E-state index in [4.69, 9.17) is 4.74 Å². The average molecular weight is 428 g/mol. The van der Waals surface area contributed by atoms with Gasteiger partial charge in [-0.1, -0.05) is 24.3 Å². The third-order valence-electron chi connectivity index (χ3n) is 6.30. The first-order valence-corrected chi connectivity index (χ1v) is 10.9. The lowest BCUT2D eigenvalue weighted by molar-refractivity contribution is -0.123. The van der Waals surface area contributed by atoms with Crippen molar-refractivity contribution in [1.29, 1.82) is 0 Å². The summed E-state index contributed by atoms with van der Waals surface area (Å²) in [5, 5.41) is 14.0. The van der Waals surface area contributed by atoms with Crippen LogP contribution in [0.15, 0.2) is 42.6 Å². The maximum atomic E-state index is 13.7. The summed E-state index contributed by atoms with van der Waals surface area (Å²) in [6, 6.07) is 11.2. The Hall–Kier alpha value is -2.51. The van der Waals surface area contributed by atoms with E-state index in [1.54, 1.807) is 25.4 Å². The molecule has 0 bridgehead atoms. The van der Waals surface area contributed by atoms with Crippen LogP contribution in [0.3, 0.4) is 0 Å². The summed E-state index contributed by atoms with van der Waals surface area (Å²) in [5.41, 5.74) is 3.08. The van der Waals surface area contributed by atoms with Crippen LogP contribution in [0.4, 0.5) is 4.39 Å². The number of hydrogen-bond donors (Lipinski definition) is 2. The molecule has 1 aromatic heterocycles. The number of benzene rings is 1. The fourth-order valence-corrected chi connectivity index (χ4v) is 4.67. The normalized spacial score (nSPS) is 20.9. The van der Waals surface area contributed by atoms with E-state index in [9.17, 15) is 14.3 Å². The van der Waals surface area contributed by atoms with Crippen molar-refractivity contribution < 1.29 is 19.0 Å². The minimum Gasteiger partial charge on any atom is -0.495 e. The van der Waals surface area contributed by atoms with Crippen LogP contribution in [0.25, 0.3) is 0 Å². The number of amides is 1. The molecule has 1 unspecified atom stereocenters. The number of rotatable bonds is 8. The highest BCUT2D eigenvalue weighted by Gasteiger charge is 2.31. The molecule has 0 saturated carbocycles. The molecule has 2 heterocycles. The van der Waals surface area contributed by atoms with Crippen molar-refractivity contribution in [2.45, 2.75) is 44.0 Å². The number of ether oxygens (including phenoxy) is 1. The number of methoxy groups -OCH3 is 1. The summed E-state index contributed by atoms with van der Waals surface area (Å²) in [5.74, 6) is 0.764. The van der Waals surface area contributed by atoms with E-state index in [1.807, 2.05) is 17.0 Å². The van der Waals surface area contributed by atoms with Crippen LogP contribution in [0, 0.1) is 5.92 Å². The third-order valence-corrected chi connectivity index (χ3v) is 6.30. The van der Waals surface area contributed by atoms with Gasteiger partial charge in [0.25, 0.3) is 0 Å². The molecule has 4 rings (SSSR count). The number of halogens is 1. The molecule has 1 fully saturated rings. The SMILES string of the molecule is COc1ccc([C@@H](O)[C@@H](CN2CCC(F)C2)NC(=O)CC2Cc3ccccc3C2)nc1. The fourth-order valence-electron chi connectivity index (χ4n) is 4.67. The number of nitrogens with zero attached hydrogens (tertiary/aromatic N) is 2. The molecule has 2 aromatic rings. The number of aromatic nitrogens is 1. The van der Waals surface area contributed by atoms with Gasteiger partial charge in [-0.15, -0.1) is 0 Å². The first-order valence-electron chi connectivity index (χ1n) is 10.9. The zero-order valence-electron chi connectivity index (χ0n) is 17.8. The van der Waals surface area contributed by atoms with Crippen LogP contribution in [-0.4, -0.2) is 59.9 Å². The predicted molar refractivity (Wildman–Crippen MR) is 116 cm³/mol. The zero-order chi connectivity index (χ0) is 21.8. The number of nitrogens with one attached hydrogen (secondary N) is 1. The predicted octanol–water partition coefficient (Wildman–Crippen LogP) is 2.46. The van der Waals surface area contributed by atoms with Crippen LogP contribution < -0.4 is 10.1 Å². The van der Waals surface area contributed by atoms with E-state index in [0.717, 1.165) is 12.8 Å². The number of carbonyl (C=O) groups is 1. The van der Waals surface area contributed by atoms with E-state index >= 15 is 0 Å². The molecular weight excluding hydrogens is 397 g/mol. The molecule has 7 heteroatoms. The second kappa shape index (κ2) is 9.75. The summed E-state index contributed by atoms with van der Waals surface area (Å²) >= 11 is 0. The maximum absolute atomic E-state index is 13.7. The molecule has 1 aromatic carbocycles. The second-order valence-electron chi connectivity index (χ2n) is 8.63. The molecule has 2 aliphatic rings. The van der Waals surface area contributed by atoms with Gasteiger partial charge in [-0.3, -0.25) is 14.7 Å². The highest BCUT2D eigenvalue weighted by atomic mass is 19.1. The van der Waals surface area contributed by atoms with Crippen LogP contribution in [-0.2, 0) is 17.6 Å². The van der Waals surface area contributed by atoms with E-state index in [0.29, 0.717) is 43.9 Å². The molecule has 2 N–H and O–H groups in total. The molecule has 1 aliphatic heterocycles. The Labute approximate surface area is 182 Å². The Morgan fingerprint density at radius 2 is 2.03 bits per heavy atom. The maximum Gasteiger partial charge on any atom is 0.220 e. The average Bonchev–Trinajstić information content (AvgIpc) is 3.37. The molecule has 1 saturated heterocycles. The lowest BCUT2D eigenvalue weighted by Crippen LogP contribution is -2.47. The van der Waals surface area contributed by atoms with Crippen molar-refractivity contribution in [2.24, 2.45) is 5.92 Å². The molecule has 6 nitrogen and oxygen atoms in total. The third kappa shape index (κ3) is 5.40. The standard InChI is InChI=1S/C24H30FN3O3/c1-31-20-6-7-21(26-13-20)24(30)22(15-28-9-8-19(25)14-28)27-23(29)12-16-10-17-4-2-3-5-18(17)11-16/h2-7,13,16,19,22,24,30H,8-12,14-15H2,1H3,(H,27,29)/t19?,22-,24-/m1/s1. The first-order chi connectivity index (χ1) is 15.0. The van der Waals surface area contributed by atoms with Gasteiger partial charge >= 0.3 is 0 Å². The van der Waals surface area contributed by atoms with Crippen LogP contribution in [0.5, 0.6) is 5.75 Å². The Kier molecular flexibility index (Phi) is 6.83. The summed E-state index contributed by atoms with van der Waals surface area (Å²) in [7, 11) is 1.55. The lowest BCUT2D eigenvalue weighted by Gasteiger charge is -2.28. The Morgan fingerprint density at radius 3 is 2.61 bits per heavy atom. The molecule has 1 aliphatic carbocycles. The van der Waals surface area contributed by atoms with Crippen LogP contribution >= 0.6 is 0 Å². The number of pyridine rings is 1. The largest absolute Gasteiger partial charge is 0.495 e. The fraction of sp³-hybridized carbons (Fsp3) is 0.500. The molecular formula is C24H30FN3O3. The second-order valence-corrected chi connectivity index (χ2v) is 8.63. The quantitative estimate of drug-likeness (QED) is 0.677. The highest BCUT2D eigenvalue weighted by Crippen LogP contribution is 2.29. The topological polar surface area (TPSA) is 74.7 Å². The number of alkyl halides is 1. The highest BCUT2D eigenvalue weighted by molar-refractivity contribution is 5.77. The Morgan fingerprint density at radius 1 is 1.29 bits per heavy atom. The van der Waals surface area contributed by atoms with Gasteiger partial charge in [0.2, 0.25) is 5.91 Å². The summed E-state index contributed by atoms with van der Waals surface area (Å²) in [4.78, 5) is 19.1. The van der Waals surface area contributed by atoms with E-state index in [2.05, 4.69) is 22.4 Å². The van der Waals surface area contributed by atoms with Crippen LogP contribution in [0.2, 0.25) is 0 Å². The van der Waals surface area contributed by atoms with Gasteiger partial charge < -0.3 is 15.2 Å². The molecule has 31 heavy (non-hydrogen) atoms. The van der Waals surface area contributed by atoms with Crippen molar-refractivity contribution in [1.82, 2.24) is 15.2 Å². The van der Waals surface area contributed by atoms with Crippen LogP contribution in [0.1, 0.15) is 35.8 Å².